The van der Waals surface area contributed by atoms with Gasteiger partial charge in [-0.1, -0.05) is 30.7 Å². The molecule has 0 radical (unpaired) electrons. The molecular formula is C31H34FN3O3. The first-order valence-corrected chi connectivity index (χ1v) is 13.0. The minimum Gasteiger partial charge on any atom is -0.493 e. The Morgan fingerprint density at radius 2 is 1.87 bits per heavy atom. The Morgan fingerprint density at radius 1 is 1.05 bits per heavy atom. The van der Waals surface area contributed by atoms with Crippen molar-refractivity contribution in [1.29, 1.82) is 0 Å². The summed E-state index contributed by atoms with van der Waals surface area (Å²) in [4.78, 5) is 17.0. The number of carbonyl (C=O) groups excluding carboxylic acids is 1. The van der Waals surface area contributed by atoms with Crippen molar-refractivity contribution in [3.05, 3.63) is 102 Å². The van der Waals surface area contributed by atoms with E-state index in [2.05, 4.69) is 22.5 Å². The third-order valence-corrected chi connectivity index (χ3v) is 6.38. The fraction of sp³-hybridized carbons (Fsp3) is 0.290. The molecule has 3 aromatic carbocycles. The van der Waals surface area contributed by atoms with Gasteiger partial charge in [0.2, 0.25) is 0 Å². The van der Waals surface area contributed by atoms with Crippen LogP contribution < -0.4 is 14.8 Å². The molecular weight excluding hydrogens is 481 g/mol. The fourth-order valence-corrected chi connectivity index (χ4v) is 4.43. The molecule has 0 aliphatic heterocycles. The Morgan fingerprint density at radius 3 is 2.66 bits per heavy atom. The van der Waals surface area contributed by atoms with Crippen LogP contribution in [0.5, 0.6) is 11.5 Å². The van der Waals surface area contributed by atoms with E-state index in [0.717, 1.165) is 54.5 Å². The zero-order valence-electron chi connectivity index (χ0n) is 21.8. The van der Waals surface area contributed by atoms with Gasteiger partial charge in [0.05, 0.1) is 24.7 Å². The van der Waals surface area contributed by atoms with Crippen LogP contribution in [0, 0.1) is 5.82 Å². The number of ether oxygens (including phenoxy) is 2. The number of aryl methyl sites for hydroxylation is 1. The molecule has 198 valence electrons. The number of para-hydroxylation sites is 2. The predicted octanol–water partition coefficient (Wildman–Crippen LogP) is 6.13. The summed E-state index contributed by atoms with van der Waals surface area (Å²) < 4.78 is 26.9. The van der Waals surface area contributed by atoms with E-state index < -0.39 is 0 Å². The lowest BCUT2D eigenvalue weighted by Crippen LogP contribution is -2.24. The standard InChI is InChI=1S/C31H34FN3O3/c1-3-9-23-13-18-28(29(22-23)37-2)38-21-20-35-27-11-7-6-10-26(27)34-30(35)12-5-4-8-19-33-31(36)24-14-16-25(32)17-15-24/h3,6-7,10-11,13-18,22H,1,4-5,8-9,12,19-21H2,2H3,(H,33,36). The van der Waals surface area contributed by atoms with E-state index in [-0.39, 0.29) is 11.7 Å². The summed E-state index contributed by atoms with van der Waals surface area (Å²) in [6.45, 7) is 5.52. The molecule has 1 aromatic heterocycles. The molecule has 0 saturated heterocycles. The number of amides is 1. The summed E-state index contributed by atoms with van der Waals surface area (Å²) in [5.74, 6) is 1.93. The van der Waals surface area contributed by atoms with Crippen molar-refractivity contribution in [1.82, 2.24) is 14.9 Å². The number of rotatable bonds is 14. The molecule has 0 atom stereocenters. The van der Waals surface area contributed by atoms with Crippen LogP contribution in [-0.4, -0.2) is 35.7 Å². The predicted molar refractivity (Wildman–Crippen MR) is 148 cm³/mol. The second-order valence-corrected chi connectivity index (χ2v) is 9.07. The van der Waals surface area contributed by atoms with Crippen molar-refractivity contribution in [3.63, 3.8) is 0 Å². The number of hydrogen-bond donors (Lipinski definition) is 1. The lowest BCUT2D eigenvalue weighted by molar-refractivity contribution is 0.0953. The molecule has 1 heterocycles. The molecule has 38 heavy (non-hydrogen) atoms. The van der Waals surface area contributed by atoms with Gasteiger partial charge in [-0.3, -0.25) is 4.79 Å². The smallest absolute Gasteiger partial charge is 0.251 e. The van der Waals surface area contributed by atoms with Gasteiger partial charge in [0.1, 0.15) is 18.2 Å². The minimum atomic E-state index is -0.350. The molecule has 0 unspecified atom stereocenters. The summed E-state index contributed by atoms with van der Waals surface area (Å²) in [7, 11) is 1.65. The number of nitrogens with zero attached hydrogens (tertiary/aromatic N) is 2. The lowest BCUT2D eigenvalue weighted by Gasteiger charge is -2.14. The molecule has 0 saturated carbocycles. The van der Waals surface area contributed by atoms with E-state index in [0.29, 0.717) is 36.8 Å². The van der Waals surface area contributed by atoms with Gasteiger partial charge >= 0.3 is 0 Å². The summed E-state index contributed by atoms with van der Waals surface area (Å²) in [5, 5.41) is 2.90. The number of halogens is 1. The van der Waals surface area contributed by atoms with Crippen LogP contribution >= 0.6 is 0 Å². The first-order chi connectivity index (χ1) is 18.6. The van der Waals surface area contributed by atoms with E-state index in [1.54, 1.807) is 7.11 Å². The Bertz CT molecular complexity index is 1360. The third kappa shape index (κ3) is 7.00. The first kappa shape index (κ1) is 26.9. The van der Waals surface area contributed by atoms with E-state index >= 15 is 0 Å². The number of hydrogen-bond acceptors (Lipinski definition) is 4. The zero-order chi connectivity index (χ0) is 26.7. The van der Waals surface area contributed by atoms with E-state index in [4.69, 9.17) is 14.5 Å². The normalized spacial score (nSPS) is 10.9. The Balaban J connectivity index is 1.29. The molecule has 4 aromatic rings. The molecule has 0 bridgehead atoms. The van der Waals surface area contributed by atoms with Crippen LogP contribution in [-0.2, 0) is 19.4 Å². The van der Waals surface area contributed by atoms with Gasteiger partial charge in [0.15, 0.2) is 11.5 Å². The Hall–Kier alpha value is -4.13. The molecule has 1 amide bonds. The van der Waals surface area contributed by atoms with Crippen LogP contribution in [0.4, 0.5) is 4.39 Å². The van der Waals surface area contributed by atoms with Gasteiger partial charge in [0.25, 0.3) is 5.91 Å². The third-order valence-electron chi connectivity index (χ3n) is 6.38. The van der Waals surface area contributed by atoms with Gasteiger partial charge in [-0.25, -0.2) is 9.37 Å². The van der Waals surface area contributed by atoms with E-state index in [1.807, 2.05) is 42.5 Å². The lowest BCUT2D eigenvalue weighted by atomic mass is 10.1. The van der Waals surface area contributed by atoms with Crippen molar-refractivity contribution in [2.75, 3.05) is 20.3 Å². The molecule has 0 aliphatic carbocycles. The zero-order valence-corrected chi connectivity index (χ0v) is 21.8. The number of aromatic nitrogens is 2. The summed E-state index contributed by atoms with van der Waals surface area (Å²) in [6, 6.07) is 19.7. The quantitative estimate of drug-likeness (QED) is 0.162. The van der Waals surface area contributed by atoms with Crippen molar-refractivity contribution in [2.45, 2.75) is 38.6 Å². The van der Waals surface area contributed by atoms with Crippen molar-refractivity contribution in [2.24, 2.45) is 0 Å². The van der Waals surface area contributed by atoms with Crippen LogP contribution in [0.25, 0.3) is 11.0 Å². The highest BCUT2D eigenvalue weighted by atomic mass is 19.1. The summed E-state index contributed by atoms with van der Waals surface area (Å²) >= 11 is 0. The van der Waals surface area contributed by atoms with Crippen LogP contribution in [0.3, 0.4) is 0 Å². The SMILES string of the molecule is C=CCc1ccc(OCCn2c(CCCCCNC(=O)c3ccc(F)cc3)nc3ccccc32)c(OC)c1. The van der Waals surface area contributed by atoms with Crippen LogP contribution in [0.2, 0.25) is 0 Å². The van der Waals surface area contributed by atoms with Gasteiger partial charge in [-0.15, -0.1) is 6.58 Å². The van der Waals surface area contributed by atoms with Crippen LogP contribution in [0.1, 0.15) is 41.0 Å². The second kappa shape index (κ2) is 13.4. The number of methoxy groups -OCH3 is 1. The average Bonchev–Trinajstić information content (AvgIpc) is 3.29. The first-order valence-electron chi connectivity index (χ1n) is 13.0. The summed E-state index contributed by atoms with van der Waals surface area (Å²) in [5.41, 5.74) is 3.65. The van der Waals surface area contributed by atoms with Crippen LogP contribution in [0.15, 0.2) is 79.4 Å². The molecule has 0 fully saturated rings. The molecule has 0 aliphatic rings. The molecule has 0 spiro atoms. The van der Waals surface area contributed by atoms with Gasteiger partial charge < -0.3 is 19.4 Å². The highest BCUT2D eigenvalue weighted by molar-refractivity contribution is 5.94. The molecule has 7 heteroatoms. The highest BCUT2D eigenvalue weighted by Crippen LogP contribution is 2.28. The maximum absolute atomic E-state index is 13.0. The topological polar surface area (TPSA) is 65.4 Å². The fourth-order valence-electron chi connectivity index (χ4n) is 4.43. The summed E-state index contributed by atoms with van der Waals surface area (Å²) in [6.07, 6.45) is 6.25. The number of allylic oxidation sites excluding steroid dienone is 1. The maximum atomic E-state index is 13.0. The second-order valence-electron chi connectivity index (χ2n) is 9.07. The van der Waals surface area contributed by atoms with E-state index in [1.165, 1.54) is 24.3 Å². The largest absolute Gasteiger partial charge is 0.493 e. The van der Waals surface area contributed by atoms with Crippen molar-refractivity contribution in [3.8, 4) is 11.5 Å². The Labute approximate surface area is 223 Å². The number of benzene rings is 3. The van der Waals surface area contributed by atoms with Crippen molar-refractivity contribution >= 4 is 16.9 Å². The monoisotopic (exact) mass is 515 g/mol. The number of fused-ring (bicyclic) bond motifs is 1. The van der Waals surface area contributed by atoms with Gasteiger partial charge in [0, 0.05) is 18.5 Å². The highest BCUT2D eigenvalue weighted by Gasteiger charge is 2.12. The van der Waals surface area contributed by atoms with Crippen molar-refractivity contribution < 1.29 is 18.7 Å². The molecule has 1 N–H and O–H groups in total. The number of carbonyl (C=O) groups is 1. The average molecular weight is 516 g/mol. The van der Waals surface area contributed by atoms with Gasteiger partial charge in [-0.2, -0.15) is 0 Å². The maximum Gasteiger partial charge on any atom is 0.251 e. The Kier molecular flexibility index (Phi) is 9.51. The number of imidazole rings is 1. The number of unbranched alkanes of at least 4 members (excludes halogenated alkanes) is 2. The minimum absolute atomic E-state index is 0.182. The molecule has 4 rings (SSSR count). The molecule has 6 nitrogen and oxygen atoms in total. The van der Waals surface area contributed by atoms with E-state index in [9.17, 15) is 9.18 Å². The number of nitrogens with one attached hydrogen (secondary N) is 1. The van der Waals surface area contributed by atoms with Gasteiger partial charge in [-0.05, 0) is 73.4 Å².